The van der Waals surface area contributed by atoms with E-state index in [1.54, 1.807) is 55.0 Å². The van der Waals surface area contributed by atoms with Crippen molar-refractivity contribution in [2.75, 3.05) is 35.0 Å². The minimum Gasteiger partial charge on any atom is -0.469 e. The van der Waals surface area contributed by atoms with Gasteiger partial charge in [0.15, 0.2) is 0 Å². The maximum Gasteiger partial charge on any atom is 0.307 e. The predicted molar refractivity (Wildman–Crippen MR) is 212 cm³/mol. The number of Topliss-reactive ketones (excluding diaryl/α,β-unsaturated/α-hetero) is 1. The third-order valence-electron chi connectivity index (χ3n) is 4.09. The van der Waals surface area contributed by atoms with Crippen LogP contribution in [0.15, 0.2) is 29.1 Å². The van der Waals surface area contributed by atoms with Crippen molar-refractivity contribution in [2.45, 2.75) is 158 Å². The van der Waals surface area contributed by atoms with Crippen molar-refractivity contribution in [3.05, 3.63) is 24.0 Å². The third kappa shape index (κ3) is 210. The zero-order valence-corrected chi connectivity index (χ0v) is 31.7. The van der Waals surface area contributed by atoms with Gasteiger partial charge < -0.3 is 34.3 Å². The molecular formula is C37H86N2O9. The Bertz CT molecular complexity index is 673. The van der Waals surface area contributed by atoms with Crippen LogP contribution in [-0.4, -0.2) is 75.0 Å². The summed E-state index contributed by atoms with van der Waals surface area (Å²) in [6.07, 6.45) is 8.20. The molecule has 0 saturated heterocycles. The minimum absolute atomic E-state index is 0. The molecule has 0 bridgehead atoms. The molecule has 0 fully saturated rings. The molecule has 2 N–H and O–H groups in total. The number of carbonyl (C=O) groups excluding carboxylic acids is 4. The first-order chi connectivity index (χ1) is 20.2. The summed E-state index contributed by atoms with van der Waals surface area (Å²) in [7, 11) is 6.18. The van der Waals surface area contributed by atoms with Crippen LogP contribution in [0.3, 0.4) is 0 Å². The molecule has 0 aromatic rings. The van der Waals surface area contributed by atoms with Crippen LogP contribution in [0.2, 0.25) is 0 Å². The van der Waals surface area contributed by atoms with E-state index in [1.807, 2.05) is 67.5 Å². The van der Waals surface area contributed by atoms with Gasteiger partial charge in [0.2, 0.25) is 5.91 Å². The molecule has 0 atom stereocenters. The van der Waals surface area contributed by atoms with Crippen LogP contribution in [0.1, 0.15) is 153 Å². The molecule has 0 radical (unpaired) electrons. The molecule has 0 aromatic carbocycles. The highest BCUT2D eigenvalue weighted by Crippen LogP contribution is 2.03. The maximum absolute atomic E-state index is 10.1. The molecule has 0 spiro atoms. The Labute approximate surface area is 300 Å². The first-order valence-corrected chi connectivity index (χ1v) is 14.6. The van der Waals surface area contributed by atoms with Crippen molar-refractivity contribution < 1.29 is 43.3 Å². The van der Waals surface area contributed by atoms with Gasteiger partial charge in [-0.25, -0.2) is 0 Å². The van der Waals surface area contributed by atoms with Crippen LogP contribution in [0.25, 0.3) is 0 Å². The first-order valence-electron chi connectivity index (χ1n) is 14.6. The highest BCUT2D eigenvalue weighted by atomic mass is 16.6. The Morgan fingerprint density at radius 3 is 1.08 bits per heavy atom. The molecule has 0 heterocycles. The van der Waals surface area contributed by atoms with Crippen molar-refractivity contribution in [3.63, 3.8) is 0 Å². The third-order valence-corrected chi connectivity index (χ3v) is 4.09. The number of rotatable bonds is 6. The largest absolute Gasteiger partial charge is 0.469 e. The quantitative estimate of drug-likeness (QED) is 0.0906. The van der Waals surface area contributed by atoms with Crippen molar-refractivity contribution in [1.82, 2.24) is 5.32 Å². The summed E-state index contributed by atoms with van der Waals surface area (Å²) in [4.78, 5) is 43.7. The van der Waals surface area contributed by atoms with Gasteiger partial charge in [-0.1, -0.05) is 67.8 Å². The van der Waals surface area contributed by atoms with E-state index in [0.717, 1.165) is 25.2 Å². The number of oxime groups is 1. The van der Waals surface area contributed by atoms with Crippen molar-refractivity contribution in [3.8, 4) is 0 Å². The van der Waals surface area contributed by atoms with Crippen LogP contribution < -0.4 is 5.32 Å². The van der Waals surface area contributed by atoms with Crippen LogP contribution >= 0.6 is 0 Å². The second kappa shape index (κ2) is 70.3. The summed E-state index contributed by atoms with van der Waals surface area (Å²) < 4.78 is 13.3. The highest BCUT2D eigenvalue weighted by molar-refractivity contribution is 5.80. The SMILES string of the molecule is C.C.C.C.C/C=C(/C)OC(C)=O.C/C=C/C.CC/C(C)=N\OC.CCC(C)(C)O.CCC(C)=O.CCOC.CNC(C)=O.COC(C)=O. The molecule has 0 rings (SSSR count). The van der Waals surface area contributed by atoms with E-state index in [9.17, 15) is 19.2 Å². The van der Waals surface area contributed by atoms with Crippen LogP contribution in [-0.2, 0) is 38.2 Å². The summed E-state index contributed by atoms with van der Waals surface area (Å²) in [6, 6.07) is 0. The summed E-state index contributed by atoms with van der Waals surface area (Å²) in [5, 5.41) is 14.9. The van der Waals surface area contributed by atoms with Gasteiger partial charge in [0.05, 0.1) is 18.4 Å². The summed E-state index contributed by atoms with van der Waals surface area (Å²) in [6.45, 7) is 27.5. The average Bonchev–Trinajstić information content (AvgIpc) is 2.98. The number of carbonyl (C=O) groups is 4. The number of esters is 2. The van der Waals surface area contributed by atoms with E-state index in [4.69, 9.17) is 5.11 Å². The fourth-order valence-corrected chi connectivity index (χ4v) is 0.506. The monoisotopic (exact) mass is 703 g/mol. The number of ether oxygens (including phenoxy) is 3. The summed E-state index contributed by atoms with van der Waals surface area (Å²) in [5.41, 5.74) is 0.572. The molecule has 11 heteroatoms. The standard InChI is InChI=1S/C6H10O2.C5H11NO.C5H12O.C4H8O.C4H8.C3H7NO.C3H6O2.C3H8O.4CH4/c1-4-5(2)8-6(3)7;1-4-5(2)6-7-3;1-4-5(2,3)6;1-3-4(2)5;1-3-4-2;1-3(5)4-2;1-3(4)5-2;1-3-4-2;;;;/h4H,1-3H3;4H2,1-3H3;6H,4H2,1-3H3;3H2,1-2H3;3-4H,1-2H3;1-2H3,(H,4,5);1-2H3;3H2,1-2H3;4*1H4/b5-4-;6-5-;;;4-3+;;;;;;;. The molecule has 0 unspecified atom stereocenters. The van der Waals surface area contributed by atoms with Gasteiger partial charge in [0, 0.05) is 48.0 Å². The Hall–Kier alpha value is -3.05. The Balaban J connectivity index is -0.0000000308. The van der Waals surface area contributed by atoms with Crippen molar-refractivity contribution in [1.29, 1.82) is 0 Å². The van der Waals surface area contributed by atoms with Gasteiger partial charge >= 0.3 is 11.9 Å². The van der Waals surface area contributed by atoms with Gasteiger partial charge in [-0.2, -0.15) is 0 Å². The average molecular weight is 703 g/mol. The molecule has 1 amide bonds. The van der Waals surface area contributed by atoms with E-state index >= 15 is 0 Å². The van der Waals surface area contributed by atoms with E-state index < -0.39 is 5.60 Å². The molecule has 0 aliphatic heterocycles. The zero-order chi connectivity index (χ0) is 37.2. The number of ketones is 1. The fraction of sp³-hybridized carbons (Fsp3) is 0.757. The Morgan fingerprint density at radius 1 is 0.750 bits per heavy atom. The molecule has 0 aromatic heterocycles. The predicted octanol–water partition coefficient (Wildman–Crippen LogP) is 9.76. The lowest BCUT2D eigenvalue weighted by atomic mass is 10.1. The first kappa shape index (κ1) is 80.0. The molecule has 0 saturated carbocycles. The van der Waals surface area contributed by atoms with E-state index in [-0.39, 0.29) is 53.3 Å². The molecule has 0 aliphatic carbocycles. The Morgan fingerprint density at radius 2 is 1.04 bits per heavy atom. The lowest BCUT2D eigenvalue weighted by Crippen LogP contribution is -2.15. The summed E-state index contributed by atoms with van der Waals surface area (Å²) in [5.74, 6) is 0.401. The van der Waals surface area contributed by atoms with Gasteiger partial charge in [-0.3, -0.25) is 14.4 Å². The van der Waals surface area contributed by atoms with E-state index in [2.05, 4.69) is 29.5 Å². The number of hydrogen-bond donors (Lipinski definition) is 2. The van der Waals surface area contributed by atoms with Gasteiger partial charge in [0.25, 0.3) is 0 Å². The van der Waals surface area contributed by atoms with E-state index in [1.165, 1.54) is 27.9 Å². The van der Waals surface area contributed by atoms with Gasteiger partial charge in [0.1, 0.15) is 18.7 Å². The van der Waals surface area contributed by atoms with Gasteiger partial charge in [-0.15, -0.1) is 0 Å². The summed E-state index contributed by atoms with van der Waals surface area (Å²) >= 11 is 0. The number of allylic oxidation sites excluding steroid dienone is 4. The molecular weight excluding hydrogens is 616 g/mol. The second-order valence-corrected chi connectivity index (χ2v) is 8.82. The molecule has 11 nitrogen and oxygen atoms in total. The second-order valence-electron chi connectivity index (χ2n) is 8.82. The number of nitrogens with zero attached hydrogens (tertiary/aromatic N) is 1. The lowest BCUT2D eigenvalue weighted by Gasteiger charge is -2.11. The van der Waals surface area contributed by atoms with Crippen LogP contribution in [0.4, 0.5) is 0 Å². The molecule has 298 valence electrons. The smallest absolute Gasteiger partial charge is 0.307 e. The number of aliphatic hydroxyl groups is 1. The number of nitrogens with one attached hydrogen (secondary N) is 1. The molecule has 0 aliphatic rings. The number of amides is 1. The highest BCUT2D eigenvalue weighted by Gasteiger charge is 2.05. The van der Waals surface area contributed by atoms with Crippen molar-refractivity contribution >= 4 is 29.3 Å². The number of hydrogen-bond acceptors (Lipinski definition) is 10. The maximum atomic E-state index is 10.1. The van der Waals surface area contributed by atoms with Gasteiger partial charge in [-0.05, 0) is 81.2 Å². The molecule has 48 heavy (non-hydrogen) atoms. The Kier molecular flexibility index (Phi) is 117. The fourth-order valence-electron chi connectivity index (χ4n) is 0.506. The normalized spacial score (nSPS) is 8.67. The van der Waals surface area contributed by atoms with E-state index in [0.29, 0.717) is 12.2 Å². The topological polar surface area (TPSA) is 150 Å². The lowest BCUT2D eigenvalue weighted by molar-refractivity contribution is -0.138. The van der Waals surface area contributed by atoms with Crippen LogP contribution in [0.5, 0.6) is 0 Å². The van der Waals surface area contributed by atoms with Crippen LogP contribution in [0, 0.1) is 0 Å². The van der Waals surface area contributed by atoms with Crippen molar-refractivity contribution in [2.24, 2.45) is 5.16 Å². The number of methoxy groups -OCH3 is 2. The zero-order valence-electron chi connectivity index (χ0n) is 31.7. The minimum atomic E-state index is -0.458.